The number of nitrogens with zero attached hydrogens (tertiary/aromatic N) is 5. The van der Waals surface area contributed by atoms with Crippen LogP contribution in [0, 0.1) is 11.3 Å². The number of anilines is 1. The molecule has 2 heterocycles. The van der Waals surface area contributed by atoms with E-state index in [1.807, 2.05) is 38.1 Å². The van der Waals surface area contributed by atoms with Crippen LogP contribution in [0.1, 0.15) is 38.7 Å². The molecule has 0 N–H and O–H groups in total. The Morgan fingerprint density at radius 3 is 2.75 bits per heavy atom. The fourth-order valence-electron chi connectivity index (χ4n) is 3.11. The molecule has 1 aromatic carbocycles. The highest BCUT2D eigenvalue weighted by Crippen LogP contribution is 2.27. The molecule has 2 aromatic heterocycles. The first-order chi connectivity index (χ1) is 13.5. The summed E-state index contributed by atoms with van der Waals surface area (Å²) >= 11 is 0. The summed E-state index contributed by atoms with van der Waals surface area (Å²) < 4.78 is 28.7. The summed E-state index contributed by atoms with van der Waals surface area (Å²) in [6, 6.07) is 11.3. The Balaban J connectivity index is 2.09. The van der Waals surface area contributed by atoms with Crippen molar-refractivity contribution in [3.05, 3.63) is 48.3 Å². The largest absolute Gasteiger partial charge is 0.270 e. The van der Waals surface area contributed by atoms with Gasteiger partial charge in [0.2, 0.25) is 10.0 Å². The van der Waals surface area contributed by atoms with Crippen LogP contribution < -0.4 is 4.31 Å². The third-order valence-corrected chi connectivity index (χ3v) is 6.45. The van der Waals surface area contributed by atoms with E-state index in [1.54, 1.807) is 16.8 Å². The zero-order chi connectivity index (χ0) is 20.1. The predicted molar refractivity (Wildman–Crippen MR) is 109 cm³/mol. The number of nitriles is 1. The molecule has 0 saturated heterocycles. The van der Waals surface area contributed by atoms with E-state index in [1.165, 1.54) is 10.5 Å². The standard InChI is InChI=1S/C20H23N5O2S/c1-3-5-11-24(28(26,27)12-4-2)18-8-6-7-16(13-18)19-9-10-22-20-17(14-21)15-23-25(19)20/h6-10,13,15H,3-5,11-12H2,1-2H3. The van der Waals surface area contributed by atoms with E-state index in [-0.39, 0.29) is 5.75 Å². The van der Waals surface area contributed by atoms with Crippen LogP contribution in [0.2, 0.25) is 0 Å². The smallest absolute Gasteiger partial charge is 0.235 e. The van der Waals surface area contributed by atoms with Gasteiger partial charge in [0.05, 0.1) is 23.3 Å². The van der Waals surface area contributed by atoms with Gasteiger partial charge in [-0.2, -0.15) is 10.4 Å². The molecule has 146 valence electrons. The van der Waals surface area contributed by atoms with Gasteiger partial charge in [0.25, 0.3) is 0 Å². The van der Waals surface area contributed by atoms with Crippen LogP contribution in [0.15, 0.2) is 42.7 Å². The Kier molecular flexibility index (Phi) is 5.95. The minimum Gasteiger partial charge on any atom is -0.270 e. The molecule has 7 nitrogen and oxygen atoms in total. The van der Waals surface area contributed by atoms with Gasteiger partial charge in [-0.15, -0.1) is 0 Å². The van der Waals surface area contributed by atoms with Crippen LogP contribution >= 0.6 is 0 Å². The first-order valence-electron chi connectivity index (χ1n) is 9.35. The van der Waals surface area contributed by atoms with Crippen molar-refractivity contribution in [1.82, 2.24) is 14.6 Å². The summed E-state index contributed by atoms with van der Waals surface area (Å²) in [7, 11) is -3.38. The second-order valence-electron chi connectivity index (χ2n) is 6.53. The quantitative estimate of drug-likeness (QED) is 0.579. The maximum Gasteiger partial charge on any atom is 0.235 e. The third kappa shape index (κ3) is 3.85. The second kappa shape index (κ2) is 8.40. The van der Waals surface area contributed by atoms with Crippen molar-refractivity contribution in [2.24, 2.45) is 0 Å². The lowest BCUT2D eigenvalue weighted by atomic mass is 10.1. The molecule has 0 atom stereocenters. The molecular formula is C20H23N5O2S. The van der Waals surface area contributed by atoms with Crippen LogP contribution in [-0.4, -0.2) is 35.3 Å². The summed E-state index contributed by atoms with van der Waals surface area (Å²) in [6.45, 7) is 4.36. The lowest BCUT2D eigenvalue weighted by Gasteiger charge is -2.24. The monoisotopic (exact) mass is 397 g/mol. The van der Waals surface area contributed by atoms with Gasteiger partial charge in [0.15, 0.2) is 5.65 Å². The lowest BCUT2D eigenvalue weighted by molar-refractivity contribution is 0.587. The van der Waals surface area contributed by atoms with Gasteiger partial charge in [-0.05, 0) is 31.0 Å². The fourth-order valence-corrected chi connectivity index (χ4v) is 4.69. The minimum atomic E-state index is -3.38. The van der Waals surface area contributed by atoms with E-state index in [0.717, 1.165) is 24.1 Å². The molecule has 0 saturated carbocycles. The van der Waals surface area contributed by atoms with Crippen LogP contribution in [0.25, 0.3) is 16.9 Å². The Morgan fingerprint density at radius 2 is 2.04 bits per heavy atom. The van der Waals surface area contributed by atoms with Crippen molar-refractivity contribution in [2.45, 2.75) is 33.1 Å². The number of aromatic nitrogens is 3. The van der Waals surface area contributed by atoms with Crippen LogP contribution in [-0.2, 0) is 10.0 Å². The summed E-state index contributed by atoms with van der Waals surface area (Å²) in [6.07, 6.45) is 5.38. The highest BCUT2D eigenvalue weighted by atomic mass is 32.2. The van der Waals surface area contributed by atoms with E-state index in [2.05, 4.69) is 16.2 Å². The van der Waals surface area contributed by atoms with E-state index in [4.69, 9.17) is 0 Å². The van der Waals surface area contributed by atoms with Gasteiger partial charge in [-0.25, -0.2) is 17.9 Å². The highest BCUT2D eigenvalue weighted by molar-refractivity contribution is 7.92. The van der Waals surface area contributed by atoms with Crippen molar-refractivity contribution in [2.75, 3.05) is 16.6 Å². The third-order valence-electron chi connectivity index (χ3n) is 4.46. The number of unbranched alkanes of at least 4 members (excludes halogenated alkanes) is 1. The average molecular weight is 398 g/mol. The molecule has 0 aliphatic carbocycles. The summed E-state index contributed by atoms with van der Waals surface area (Å²) in [5.41, 5.74) is 3.07. The van der Waals surface area contributed by atoms with Crippen molar-refractivity contribution >= 4 is 21.4 Å². The van der Waals surface area contributed by atoms with Gasteiger partial charge in [-0.1, -0.05) is 32.4 Å². The number of rotatable bonds is 8. The maximum atomic E-state index is 12.8. The SMILES string of the molecule is CCCCN(c1cccc(-c2ccnc3c(C#N)cnn23)c1)S(=O)(=O)CCC. The first-order valence-corrected chi connectivity index (χ1v) is 11.0. The number of benzene rings is 1. The molecule has 0 aliphatic rings. The van der Waals surface area contributed by atoms with Crippen molar-refractivity contribution in [1.29, 1.82) is 5.26 Å². The summed E-state index contributed by atoms with van der Waals surface area (Å²) in [5.74, 6) is 0.116. The first kappa shape index (κ1) is 19.8. The van der Waals surface area contributed by atoms with Gasteiger partial charge < -0.3 is 0 Å². The molecule has 28 heavy (non-hydrogen) atoms. The molecule has 0 spiro atoms. The molecule has 0 bridgehead atoms. The lowest BCUT2D eigenvalue weighted by Crippen LogP contribution is -2.33. The molecule has 0 aliphatic heterocycles. The van der Waals surface area contributed by atoms with Gasteiger partial charge in [-0.3, -0.25) is 4.31 Å². The zero-order valence-electron chi connectivity index (χ0n) is 16.0. The Morgan fingerprint density at radius 1 is 1.21 bits per heavy atom. The van der Waals surface area contributed by atoms with Gasteiger partial charge in [0, 0.05) is 18.3 Å². The summed E-state index contributed by atoms with van der Waals surface area (Å²) in [5, 5.41) is 13.5. The molecule has 0 fully saturated rings. The van der Waals surface area contributed by atoms with Gasteiger partial charge >= 0.3 is 0 Å². The summed E-state index contributed by atoms with van der Waals surface area (Å²) in [4.78, 5) is 4.23. The fraction of sp³-hybridized carbons (Fsp3) is 0.350. The molecule has 3 rings (SSSR count). The Bertz CT molecular complexity index is 1120. The van der Waals surface area contributed by atoms with Crippen molar-refractivity contribution in [3.63, 3.8) is 0 Å². The van der Waals surface area contributed by atoms with Crippen molar-refractivity contribution < 1.29 is 8.42 Å². The van der Waals surface area contributed by atoms with E-state index in [0.29, 0.717) is 29.9 Å². The topological polar surface area (TPSA) is 91.4 Å². The number of hydrogen-bond donors (Lipinski definition) is 0. The predicted octanol–water partition coefficient (Wildman–Crippen LogP) is 3.61. The molecule has 3 aromatic rings. The number of fused-ring (bicyclic) bond motifs is 1. The Labute approximate surface area is 165 Å². The van der Waals surface area contributed by atoms with Gasteiger partial charge in [0.1, 0.15) is 11.6 Å². The highest BCUT2D eigenvalue weighted by Gasteiger charge is 2.22. The van der Waals surface area contributed by atoms with Crippen LogP contribution in [0.3, 0.4) is 0 Å². The molecular weight excluding hydrogens is 374 g/mol. The van der Waals surface area contributed by atoms with E-state index in [9.17, 15) is 13.7 Å². The normalized spacial score (nSPS) is 11.5. The number of sulfonamides is 1. The van der Waals surface area contributed by atoms with Crippen molar-refractivity contribution in [3.8, 4) is 17.3 Å². The maximum absolute atomic E-state index is 12.8. The molecule has 0 unspecified atom stereocenters. The molecule has 8 heteroatoms. The van der Waals surface area contributed by atoms with Crippen LogP contribution in [0.5, 0.6) is 0 Å². The Hall–Kier alpha value is -2.92. The minimum absolute atomic E-state index is 0.116. The average Bonchev–Trinajstić information content (AvgIpc) is 3.11. The molecule has 0 radical (unpaired) electrons. The second-order valence-corrected chi connectivity index (χ2v) is 8.54. The van der Waals surface area contributed by atoms with Crippen LogP contribution in [0.4, 0.5) is 5.69 Å². The number of hydrogen-bond acceptors (Lipinski definition) is 5. The van der Waals surface area contributed by atoms with E-state index < -0.39 is 10.0 Å². The van der Waals surface area contributed by atoms with E-state index >= 15 is 0 Å². The zero-order valence-corrected chi connectivity index (χ0v) is 16.9. The molecule has 0 amide bonds.